The number of fused-ring (bicyclic) bond motifs is 10. The summed E-state index contributed by atoms with van der Waals surface area (Å²) in [5.41, 5.74) is 0.188. The summed E-state index contributed by atoms with van der Waals surface area (Å²) >= 11 is 3.02. The molecule has 6 nitrogen and oxygen atoms in total. The Morgan fingerprint density at radius 2 is 1.01 bits per heavy atom. The molecule has 67 heavy (non-hydrogen) atoms. The molecule has 0 radical (unpaired) electrons. The van der Waals surface area contributed by atoms with Crippen LogP contribution in [0.2, 0.25) is 0 Å². The second-order valence-electron chi connectivity index (χ2n) is 24.3. The number of carbonyl (C=O) groups is 2. The summed E-state index contributed by atoms with van der Waals surface area (Å²) in [5, 5.41) is 22.8. The Balaban J connectivity index is 0.000000186. The number of ketones is 1. The predicted molar refractivity (Wildman–Crippen MR) is 270 cm³/mol. The van der Waals surface area contributed by atoms with Crippen molar-refractivity contribution in [3.05, 3.63) is 70.2 Å². The van der Waals surface area contributed by atoms with Crippen LogP contribution >= 0.6 is 15.9 Å². The molecule has 0 unspecified atom stereocenters. The van der Waals surface area contributed by atoms with E-state index in [2.05, 4.69) is 43.6 Å². The number of hydroxylamine groups is 2. The van der Waals surface area contributed by atoms with Crippen LogP contribution in [0.15, 0.2) is 53.0 Å². The Hall–Kier alpha value is -2.20. The second-order valence-corrected chi connectivity index (χ2v) is 25.2. The summed E-state index contributed by atoms with van der Waals surface area (Å²) in [6, 6.07) is 13.0. The fourth-order valence-electron chi connectivity index (χ4n) is 17.3. The third-order valence-electron chi connectivity index (χ3n) is 21.1. The highest BCUT2D eigenvalue weighted by atomic mass is 79.9. The van der Waals surface area contributed by atoms with Crippen LogP contribution in [0.4, 0.5) is 8.78 Å². The van der Waals surface area contributed by atoms with Gasteiger partial charge in [-0.15, -0.1) is 0 Å². The SMILES string of the molecule is C.C.CON(C)C(=O)[C@H]1CC[C@H]2[C@@H]3CC[C@@H]4C[C@](C)(O)CC[C@]4(C)[C@H]3CC[C@]12C.C[C@@]1(O)CC[C@@]2(C)[C@H](CC[C@@H]3[C@@H]2CC[C@]2(C)[C@@H](C(=O)c4ccccc4F)CC[C@@H]32)C1.Fc1ccccc1Br. The minimum atomic E-state index is -0.495. The smallest absolute Gasteiger partial charge is 0.249 e. The van der Waals surface area contributed by atoms with Gasteiger partial charge in [-0.2, -0.15) is 0 Å². The quantitative estimate of drug-likeness (QED) is 0.235. The van der Waals surface area contributed by atoms with Gasteiger partial charge in [0.25, 0.3) is 0 Å². The molecule has 0 spiro atoms. The Morgan fingerprint density at radius 1 is 0.582 bits per heavy atom. The molecule has 0 heterocycles. The van der Waals surface area contributed by atoms with Gasteiger partial charge in [0.1, 0.15) is 11.6 Å². The molecule has 0 aromatic heterocycles. The van der Waals surface area contributed by atoms with Crippen LogP contribution in [0.5, 0.6) is 0 Å². The van der Waals surface area contributed by atoms with Crippen molar-refractivity contribution in [2.45, 2.75) is 183 Å². The molecule has 8 fully saturated rings. The molecule has 8 saturated carbocycles. The number of amides is 1. The molecule has 1 amide bonds. The summed E-state index contributed by atoms with van der Waals surface area (Å²) in [4.78, 5) is 31.5. The fourth-order valence-corrected chi connectivity index (χ4v) is 17.6. The molecule has 2 aromatic rings. The zero-order valence-corrected chi connectivity index (χ0v) is 42.4. The Kier molecular flexibility index (Phi) is 16.3. The zero-order valence-electron chi connectivity index (χ0n) is 40.8. The number of Topliss-reactive ketones (excluding diaryl/α,β-unsaturated/α-hetero) is 1. The van der Waals surface area contributed by atoms with E-state index >= 15 is 0 Å². The molecule has 0 aliphatic heterocycles. The molecule has 0 saturated heterocycles. The van der Waals surface area contributed by atoms with Crippen molar-refractivity contribution < 1.29 is 33.4 Å². The van der Waals surface area contributed by atoms with Crippen molar-refractivity contribution in [1.82, 2.24) is 5.06 Å². The van der Waals surface area contributed by atoms with E-state index in [1.807, 2.05) is 13.8 Å². The predicted octanol–water partition coefficient (Wildman–Crippen LogP) is 14.7. The van der Waals surface area contributed by atoms with Crippen LogP contribution in [0, 0.1) is 92.5 Å². The van der Waals surface area contributed by atoms with Gasteiger partial charge in [-0.3, -0.25) is 14.4 Å². The summed E-state index contributed by atoms with van der Waals surface area (Å²) in [7, 11) is 3.34. The van der Waals surface area contributed by atoms with Crippen LogP contribution in [0.1, 0.15) is 182 Å². The summed E-state index contributed by atoms with van der Waals surface area (Å²) in [6.07, 6.45) is 20.0. The third-order valence-corrected chi connectivity index (χ3v) is 21.7. The first-order chi connectivity index (χ1) is 30.6. The van der Waals surface area contributed by atoms with Gasteiger partial charge < -0.3 is 10.2 Å². The lowest BCUT2D eigenvalue weighted by Crippen LogP contribution is -2.56. The highest BCUT2D eigenvalue weighted by molar-refractivity contribution is 9.10. The van der Waals surface area contributed by atoms with Gasteiger partial charge in [0.2, 0.25) is 5.91 Å². The van der Waals surface area contributed by atoms with Crippen molar-refractivity contribution in [3.63, 3.8) is 0 Å². The monoisotopic (exact) mass is 996 g/mol. The van der Waals surface area contributed by atoms with E-state index in [-0.39, 0.29) is 66.4 Å². The van der Waals surface area contributed by atoms with E-state index < -0.39 is 11.2 Å². The van der Waals surface area contributed by atoms with Crippen molar-refractivity contribution in [2.75, 3.05) is 14.2 Å². The topological polar surface area (TPSA) is 87.1 Å². The molecule has 9 heteroatoms. The average molecular weight is 997 g/mol. The van der Waals surface area contributed by atoms with Crippen molar-refractivity contribution in [3.8, 4) is 0 Å². The van der Waals surface area contributed by atoms with Gasteiger partial charge in [0, 0.05) is 18.9 Å². The van der Waals surface area contributed by atoms with E-state index in [9.17, 15) is 28.6 Å². The fraction of sp³-hybridized carbons (Fsp3) is 0.759. The molecule has 0 bridgehead atoms. The van der Waals surface area contributed by atoms with E-state index in [4.69, 9.17) is 4.84 Å². The first-order valence-electron chi connectivity index (χ1n) is 25.5. The van der Waals surface area contributed by atoms with Crippen LogP contribution in [0.25, 0.3) is 0 Å². The van der Waals surface area contributed by atoms with E-state index in [1.165, 1.54) is 75.0 Å². The Labute approximate surface area is 412 Å². The molecule has 16 atom stereocenters. The van der Waals surface area contributed by atoms with Crippen LogP contribution in [-0.2, 0) is 9.63 Å². The van der Waals surface area contributed by atoms with Gasteiger partial charge >= 0.3 is 0 Å². The first kappa shape index (κ1) is 54.1. The standard InChI is InChI=1S/C27H37FO2.C23H39NO3.C6H4BrF.2CH4/c1-25(30)14-15-26(2)17(16-25)8-9-18-20-10-11-22(27(20,3)13-12-21(18)26)24(29)19-6-4-5-7-23(19)28;1-21(26)12-13-22(2)15(14-21)6-7-16-17-8-9-19(20(25)24(4)27-5)23(17,3)11-10-18(16)22;7-5-3-1-2-4-6(5)8;;/h4-7,17-18,20-22,30H,8-16H2,1-3H3;15-19,26H,6-14H2,1-5H3;1-4H;2*1H4/t17-,18+,20+,21+,22-,25-,26+,27+;15-,16+,17+,18+,19-,21-,22+,23+;;;/m11.../s1. The lowest BCUT2D eigenvalue weighted by molar-refractivity contribution is -0.182. The van der Waals surface area contributed by atoms with Crippen molar-refractivity contribution in [1.29, 1.82) is 0 Å². The van der Waals surface area contributed by atoms with Crippen LogP contribution in [0.3, 0.4) is 0 Å². The van der Waals surface area contributed by atoms with E-state index in [1.54, 1.807) is 50.6 Å². The maximum Gasteiger partial charge on any atom is 0.249 e. The van der Waals surface area contributed by atoms with Crippen molar-refractivity contribution in [2.24, 2.45) is 80.8 Å². The lowest BCUT2D eigenvalue weighted by atomic mass is 9.44. The highest BCUT2D eigenvalue weighted by Crippen LogP contribution is 2.70. The summed E-state index contributed by atoms with van der Waals surface area (Å²) in [6.45, 7) is 13.8. The first-order valence-corrected chi connectivity index (χ1v) is 26.3. The second kappa shape index (κ2) is 20.1. The lowest BCUT2D eigenvalue weighted by Gasteiger charge is -2.61. The molecule has 2 aromatic carbocycles. The number of carbonyl (C=O) groups excluding carboxylic acids is 2. The Bertz CT molecular complexity index is 2040. The number of nitrogens with zero attached hydrogens (tertiary/aromatic N) is 1. The van der Waals surface area contributed by atoms with E-state index in [0.29, 0.717) is 50.8 Å². The third kappa shape index (κ3) is 9.79. The minimum absolute atomic E-state index is 0. The molecular weight excluding hydrogens is 909 g/mol. The largest absolute Gasteiger partial charge is 0.390 e. The number of rotatable bonds is 4. The van der Waals surface area contributed by atoms with Crippen LogP contribution in [-0.4, -0.2) is 52.3 Å². The number of aliphatic hydroxyl groups is 2. The molecular formula is C58H88BrF2NO5. The van der Waals surface area contributed by atoms with Gasteiger partial charge in [-0.05, 0) is 239 Å². The van der Waals surface area contributed by atoms with Gasteiger partial charge in [0.05, 0.1) is 28.3 Å². The highest BCUT2D eigenvalue weighted by Gasteiger charge is 2.64. The van der Waals surface area contributed by atoms with E-state index in [0.717, 1.165) is 69.6 Å². The maximum absolute atomic E-state index is 14.4. The number of hydrogen-bond acceptors (Lipinski definition) is 5. The summed E-state index contributed by atoms with van der Waals surface area (Å²) < 4.78 is 27.2. The average Bonchev–Trinajstić information content (AvgIpc) is 3.81. The number of halogens is 3. The van der Waals surface area contributed by atoms with Gasteiger partial charge in [0.15, 0.2) is 5.78 Å². The normalized spacial score (nSPS) is 43.4. The van der Waals surface area contributed by atoms with Gasteiger partial charge in [-0.25, -0.2) is 13.8 Å². The number of benzene rings is 2. The van der Waals surface area contributed by atoms with Gasteiger partial charge in [-0.1, -0.05) is 66.8 Å². The molecule has 10 rings (SSSR count). The molecule has 376 valence electrons. The minimum Gasteiger partial charge on any atom is -0.390 e. The zero-order chi connectivity index (χ0) is 46.9. The molecule has 8 aliphatic carbocycles. The van der Waals surface area contributed by atoms with Crippen molar-refractivity contribution >= 4 is 27.6 Å². The maximum atomic E-state index is 14.4. The molecule has 8 aliphatic rings. The summed E-state index contributed by atoms with van der Waals surface area (Å²) in [5.74, 6) is 5.20. The Morgan fingerprint density at radius 3 is 1.46 bits per heavy atom. The molecule has 2 N–H and O–H groups in total. The number of hydrogen-bond donors (Lipinski definition) is 2. The van der Waals surface area contributed by atoms with Crippen LogP contribution < -0.4 is 0 Å².